The molecule has 4 nitrogen and oxygen atoms in total. The quantitative estimate of drug-likeness (QED) is 0.528. The van der Waals surface area contributed by atoms with Crippen LogP contribution in [0.3, 0.4) is 0 Å². The molecule has 23 heavy (non-hydrogen) atoms. The van der Waals surface area contributed by atoms with Gasteiger partial charge in [0.1, 0.15) is 11.6 Å². The number of thiazole rings is 1. The molecule has 0 amide bonds. The van der Waals surface area contributed by atoms with Gasteiger partial charge in [0.25, 0.3) is 0 Å². The van der Waals surface area contributed by atoms with Crippen LogP contribution in [0.25, 0.3) is 11.3 Å². The van der Waals surface area contributed by atoms with Gasteiger partial charge in [0.05, 0.1) is 16.9 Å². The Morgan fingerprint density at radius 2 is 2.04 bits per heavy atom. The zero-order valence-electron chi connectivity index (χ0n) is 11.7. The first-order chi connectivity index (χ1) is 11.1. The van der Waals surface area contributed by atoms with E-state index in [1.54, 1.807) is 0 Å². The molecular weight excluding hydrogens is 337 g/mol. The normalized spacial score (nSPS) is 11.0. The number of hydrogen-bond donors (Lipinski definition) is 2. The second kappa shape index (κ2) is 6.76. The molecule has 2 aromatic carbocycles. The van der Waals surface area contributed by atoms with Crippen LogP contribution in [0.15, 0.2) is 52.9 Å². The predicted molar refractivity (Wildman–Crippen MR) is 91.8 cm³/mol. The van der Waals surface area contributed by atoms with Gasteiger partial charge in [0, 0.05) is 16.5 Å². The molecule has 7 heteroatoms. The molecule has 0 aliphatic rings. The van der Waals surface area contributed by atoms with Gasteiger partial charge in [0.15, 0.2) is 0 Å². The smallest absolute Gasteiger partial charge is 0.203 e. The molecule has 2 N–H and O–H groups in total. The molecule has 116 valence electrons. The van der Waals surface area contributed by atoms with Gasteiger partial charge in [-0.2, -0.15) is 5.10 Å². The Kier molecular flexibility index (Phi) is 4.55. The molecule has 0 aliphatic carbocycles. The van der Waals surface area contributed by atoms with Crippen molar-refractivity contribution < 1.29 is 9.50 Å². The summed E-state index contributed by atoms with van der Waals surface area (Å²) < 4.78 is 13.3. The SMILES string of the molecule is Oc1c(Cl)cc(F)cc1C=NNc1nc(-c2ccccc2)cs1. The van der Waals surface area contributed by atoms with E-state index in [0.717, 1.165) is 23.4 Å². The molecule has 0 saturated heterocycles. The van der Waals surface area contributed by atoms with E-state index in [2.05, 4.69) is 15.5 Å². The maximum absolute atomic E-state index is 13.3. The molecule has 1 aromatic heterocycles. The van der Waals surface area contributed by atoms with Crippen LogP contribution in [0.5, 0.6) is 5.75 Å². The standard InChI is InChI=1S/C16H11ClFN3OS/c17-13-7-12(18)6-11(15(13)22)8-19-21-16-20-14(9-23-16)10-4-2-1-3-5-10/h1-9,22H,(H,20,21). The van der Waals surface area contributed by atoms with Gasteiger partial charge in [-0.25, -0.2) is 9.37 Å². The van der Waals surface area contributed by atoms with Gasteiger partial charge in [-0.3, -0.25) is 5.43 Å². The first-order valence-electron chi connectivity index (χ1n) is 6.61. The second-order valence-electron chi connectivity index (χ2n) is 4.60. The molecule has 1 heterocycles. The Labute approximate surface area is 140 Å². The van der Waals surface area contributed by atoms with Crippen molar-refractivity contribution in [2.75, 3.05) is 5.43 Å². The van der Waals surface area contributed by atoms with E-state index >= 15 is 0 Å². The Bertz CT molecular complexity index is 852. The van der Waals surface area contributed by atoms with E-state index in [-0.39, 0.29) is 16.3 Å². The van der Waals surface area contributed by atoms with E-state index in [1.807, 2.05) is 35.7 Å². The molecule has 0 unspecified atom stereocenters. The number of nitrogens with zero attached hydrogens (tertiary/aromatic N) is 2. The highest BCUT2D eigenvalue weighted by Gasteiger charge is 2.07. The third-order valence-corrected chi connectivity index (χ3v) is 4.03. The van der Waals surface area contributed by atoms with Gasteiger partial charge in [-0.05, 0) is 12.1 Å². The van der Waals surface area contributed by atoms with Gasteiger partial charge >= 0.3 is 0 Å². The van der Waals surface area contributed by atoms with Crippen LogP contribution in [0.4, 0.5) is 9.52 Å². The van der Waals surface area contributed by atoms with Gasteiger partial charge < -0.3 is 5.11 Å². The maximum atomic E-state index is 13.3. The van der Waals surface area contributed by atoms with Crippen molar-refractivity contribution in [3.63, 3.8) is 0 Å². The van der Waals surface area contributed by atoms with Crippen molar-refractivity contribution in [1.29, 1.82) is 0 Å². The second-order valence-corrected chi connectivity index (χ2v) is 5.86. The molecule has 0 saturated carbocycles. The van der Waals surface area contributed by atoms with E-state index in [4.69, 9.17) is 11.6 Å². The molecule has 0 atom stereocenters. The summed E-state index contributed by atoms with van der Waals surface area (Å²) in [5.74, 6) is -0.766. The molecule has 3 aromatic rings. The first-order valence-corrected chi connectivity index (χ1v) is 7.87. The van der Waals surface area contributed by atoms with Crippen LogP contribution in [0, 0.1) is 5.82 Å². The topological polar surface area (TPSA) is 57.5 Å². The molecule has 0 radical (unpaired) electrons. The molecule has 3 rings (SSSR count). The highest BCUT2D eigenvalue weighted by Crippen LogP contribution is 2.28. The number of aromatic hydroxyl groups is 1. The van der Waals surface area contributed by atoms with E-state index in [9.17, 15) is 9.50 Å². The number of phenols is 1. The Morgan fingerprint density at radius 3 is 2.83 bits per heavy atom. The van der Waals surface area contributed by atoms with Crippen LogP contribution < -0.4 is 5.43 Å². The van der Waals surface area contributed by atoms with Crippen LogP contribution in [-0.4, -0.2) is 16.3 Å². The fourth-order valence-corrected chi connectivity index (χ4v) is 2.79. The predicted octanol–water partition coefficient (Wildman–Crippen LogP) is 4.75. The van der Waals surface area contributed by atoms with Crippen LogP contribution in [0.1, 0.15) is 5.56 Å². The first kappa shape index (κ1) is 15.5. The Morgan fingerprint density at radius 1 is 1.26 bits per heavy atom. The fourth-order valence-electron chi connectivity index (χ4n) is 1.91. The lowest BCUT2D eigenvalue weighted by molar-refractivity contribution is 0.472. The highest BCUT2D eigenvalue weighted by atomic mass is 35.5. The largest absolute Gasteiger partial charge is 0.506 e. The van der Waals surface area contributed by atoms with E-state index in [0.29, 0.717) is 5.13 Å². The number of aromatic nitrogens is 1. The zero-order chi connectivity index (χ0) is 16.2. The number of rotatable bonds is 4. The summed E-state index contributed by atoms with van der Waals surface area (Å²) in [6.45, 7) is 0. The van der Waals surface area contributed by atoms with Crippen molar-refractivity contribution >= 4 is 34.3 Å². The zero-order valence-corrected chi connectivity index (χ0v) is 13.3. The summed E-state index contributed by atoms with van der Waals surface area (Å²) in [5, 5.41) is 16.1. The molecule has 0 spiro atoms. The number of benzene rings is 2. The number of hydrogen-bond acceptors (Lipinski definition) is 5. The van der Waals surface area contributed by atoms with Crippen LogP contribution in [0.2, 0.25) is 5.02 Å². The molecular formula is C16H11ClFN3OS. The van der Waals surface area contributed by atoms with E-state index in [1.165, 1.54) is 17.6 Å². The number of halogens is 2. The average molecular weight is 348 g/mol. The average Bonchev–Trinajstić information content (AvgIpc) is 3.02. The lowest BCUT2D eigenvalue weighted by Gasteiger charge is -2.01. The van der Waals surface area contributed by atoms with Crippen molar-refractivity contribution in [3.05, 3.63) is 64.2 Å². The monoisotopic (exact) mass is 347 g/mol. The van der Waals surface area contributed by atoms with Crippen molar-refractivity contribution in [2.24, 2.45) is 5.10 Å². The number of phenolic OH excluding ortho intramolecular Hbond substituents is 1. The maximum Gasteiger partial charge on any atom is 0.203 e. The van der Waals surface area contributed by atoms with Gasteiger partial charge in [-0.1, -0.05) is 41.9 Å². The minimum atomic E-state index is -0.546. The van der Waals surface area contributed by atoms with Gasteiger partial charge in [0.2, 0.25) is 5.13 Å². The summed E-state index contributed by atoms with van der Waals surface area (Å²) in [6.07, 6.45) is 1.29. The van der Waals surface area contributed by atoms with Crippen molar-refractivity contribution in [3.8, 4) is 17.0 Å². The van der Waals surface area contributed by atoms with Crippen LogP contribution >= 0.6 is 22.9 Å². The highest BCUT2D eigenvalue weighted by molar-refractivity contribution is 7.14. The van der Waals surface area contributed by atoms with Crippen molar-refractivity contribution in [1.82, 2.24) is 4.98 Å². The van der Waals surface area contributed by atoms with Crippen molar-refractivity contribution in [2.45, 2.75) is 0 Å². The molecule has 0 bridgehead atoms. The number of nitrogens with one attached hydrogen (secondary N) is 1. The molecule has 0 fully saturated rings. The Hall–Kier alpha value is -2.44. The minimum Gasteiger partial charge on any atom is -0.506 e. The van der Waals surface area contributed by atoms with Gasteiger partial charge in [-0.15, -0.1) is 11.3 Å². The number of anilines is 1. The lowest BCUT2D eigenvalue weighted by Crippen LogP contribution is -1.92. The third-order valence-electron chi connectivity index (χ3n) is 3.00. The Balaban J connectivity index is 1.73. The fraction of sp³-hybridized carbons (Fsp3) is 0. The van der Waals surface area contributed by atoms with E-state index < -0.39 is 5.82 Å². The summed E-state index contributed by atoms with van der Waals surface area (Å²) >= 11 is 7.10. The minimum absolute atomic E-state index is 0.0629. The number of hydrazone groups is 1. The third kappa shape index (κ3) is 3.67. The lowest BCUT2D eigenvalue weighted by atomic mass is 10.2. The summed E-state index contributed by atoms with van der Waals surface area (Å²) in [5.41, 5.74) is 4.78. The van der Waals surface area contributed by atoms with Crippen LogP contribution in [-0.2, 0) is 0 Å². The summed E-state index contributed by atoms with van der Waals surface area (Å²) in [6, 6.07) is 11.9. The summed E-state index contributed by atoms with van der Waals surface area (Å²) in [7, 11) is 0. The molecule has 0 aliphatic heterocycles. The summed E-state index contributed by atoms with van der Waals surface area (Å²) in [4.78, 5) is 4.40.